The number of aryl methyl sites for hydroxylation is 1. The van der Waals surface area contributed by atoms with Crippen LogP contribution in [-0.2, 0) is 4.79 Å². The molecule has 0 saturated heterocycles. The Hall–Kier alpha value is -3.41. The molecule has 148 valence electrons. The van der Waals surface area contributed by atoms with E-state index in [1.807, 2.05) is 60.1 Å². The molecule has 1 N–H and O–H groups in total. The molecule has 0 bridgehead atoms. The van der Waals surface area contributed by atoms with Gasteiger partial charge < -0.3 is 10.1 Å². The summed E-state index contributed by atoms with van der Waals surface area (Å²) in [5, 5.41) is 7.72. The third-order valence-corrected chi connectivity index (χ3v) is 5.13. The highest BCUT2D eigenvalue weighted by atomic mass is 16.5. The highest BCUT2D eigenvalue weighted by Gasteiger charge is 2.27. The number of benzene rings is 1. The molecule has 2 aromatic heterocycles. The minimum absolute atomic E-state index is 0.00862. The highest BCUT2D eigenvalue weighted by Crippen LogP contribution is 2.33. The van der Waals surface area contributed by atoms with Crippen LogP contribution in [0.2, 0.25) is 0 Å². The minimum atomic E-state index is -0.123. The van der Waals surface area contributed by atoms with E-state index >= 15 is 0 Å². The van der Waals surface area contributed by atoms with Crippen LogP contribution in [0.5, 0.6) is 5.75 Å². The van der Waals surface area contributed by atoms with Crippen molar-refractivity contribution in [3.05, 3.63) is 83.8 Å². The van der Waals surface area contributed by atoms with E-state index in [-0.39, 0.29) is 24.5 Å². The van der Waals surface area contributed by atoms with Gasteiger partial charge in [0.25, 0.3) is 5.91 Å². The lowest BCUT2D eigenvalue weighted by atomic mass is 9.96. The summed E-state index contributed by atoms with van der Waals surface area (Å²) >= 11 is 0. The minimum Gasteiger partial charge on any atom is -0.484 e. The van der Waals surface area contributed by atoms with Crippen LogP contribution in [0.25, 0.3) is 5.82 Å². The molecule has 6 nitrogen and oxygen atoms in total. The maximum atomic E-state index is 12.2. The summed E-state index contributed by atoms with van der Waals surface area (Å²) < 4.78 is 7.41. The van der Waals surface area contributed by atoms with E-state index in [1.54, 1.807) is 6.20 Å². The average molecular weight is 388 g/mol. The van der Waals surface area contributed by atoms with Gasteiger partial charge in [-0.25, -0.2) is 9.67 Å². The first-order chi connectivity index (χ1) is 14.1. The first-order valence-electron chi connectivity index (χ1n) is 9.75. The van der Waals surface area contributed by atoms with Crippen LogP contribution in [0, 0.1) is 13.8 Å². The lowest BCUT2D eigenvalue weighted by molar-refractivity contribution is -0.123. The van der Waals surface area contributed by atoms with E-state index < -0.39 is 0 Å². The van der Waals surface area contributed by atoms with Crippen LogP contribution in [0.15, 0.2) is 66.9 Å². The van der Waals surface area contributed by atoms with Crippen LogP contribution in [0.4, 0.5) is 0 Å². The number of carbonyl (C=O) groups is 1. The van der Waals surface area contributed by atoms with E-state index in [0.717, 1.165) is 23.6 Å². The molecule has 0 fully saturated rings. The molecule has 0 radical (unpaired) electrons. The van der Waals surface area contributed by atoms with Gasteiger partial charge in [0.05, 0.1) is 5.69 Å². The van der Waals surface area contributed by atoms with Crippen molar-refractivity contribution in [2.45, 2.75) is 32.2 Å². The zero-order valence-corrected chi connectivity index (χ0v) is 16.6. The number of allylic oxidation sites excluding steroid dienone is 1. The first-order valence-corrected chi connectivity index (χ1v) is 9.75. The van der Waals surface area contributed by atoms with E-state index in [9.17, 15) is 4.79 Å². The molecule has 2 heterocycles. The van der Waals surface area contributed by atoms with Crippen molar-refractivity contribution >= 4 is 5.91 Å². The van der Waals surface area contributed by atoms with Gasteiger partial charge in [0.15, 0.2) is 12.4 Å². The summed E-state index contributed by atoms with van der Waals surface area (Å²) in [4.78, 5) is 16.6. The summed E-state index contributed by atoms with van der Waals surface area (Å²) in [7, 11) is 0. The molecule has 1 amide bonds. The van der Waals surface area contributed by atoms with E-state index in [4.69, 9.17) is 4.74 Å². The number of aromatic nitrogens is 3. The number of carbonyl (C=O) groups excluding carboxylic acids is 1. The number of hydrogen-bond donors (Lipinski definition) is 1. The van der Waals surface area contributed by atoms with E-state index in [0.29, 0.717) is 5.75 Å². The molecule has 6 heteroatoms. The van der Waals surface area contributed by atoms with Gasteiger partial charge in [-0.15, -0.1) is 0 Å². The lowest BCUT2D eigenvalue weighted by Gasteiger charge is -2.15. The maximum Gasteiger partial charge on any atom is 0.258 e. The van der Waals surface area contributed by atoms with Crippen LogP contribution < -0.4 is 10.1 Å². The molecule has 1 aromatic carbocycles. The predicted molar refractivity (Wildman–Crippen MR) is 111 cm³/mol. The number of nitrogens with one attached hydrogen (secondary N) is 1. The Bertz CT molecular complexity index is 1010. The summed E-state index contributed by atoms with van der Waals surface area (Å²) in [6.07, 6.45) is 6.79. The van der Waals surface area contributed by atoms with Crippen molar-refractivity contribution in [3.63, 3.8) is 0 Å². The van der Waals surface area contributed by atoms with Gasteiger partial charge in [-0.3, -0.25) is 4.79 Å². The van der Waals surface area contributed by atoms with Gasteiger partial charge in [-0.05, 0) is 44.5 Å². The fourth-order valence-corrected chi connectivity index (χ4v) is 3.83. The third-order valence-electron chi connectivity index (χ3n) is 5.13. The Labute approximate surface area is 170 Å². The number of amides is 1. The molecule has 0 spiro atoms. The largest absolute Gasteiger partial charge is 0.484 e. The summed E-state index contributed by atoms with van der Waals surface area (Å²) in [5.41, 5.74) is 3.27. The van der Waals surface area contributed by atoms with Crippen molar-refractivity contribution in [1.29, 1.82) is 0 Å². The van der Waals surface area contributed by atoms with Crippen molar-refractivity contribution < 1.29 is 9.53 Å². The Morgan fingerprint density at radius 2 is 1.93 bits per heavy atom. The quantitative estimate of drug-likeness (QED) is 0.657. The molecular formula is C23H24N4O2. The lowest BCUT2D eigenvalue weighted by Crippen LogP contribution is -2.36. The second-order valence-electron chi connectivity index (χ2n) is 7.19. The fraction of sp³-hybridized carbons (Fsp3) is 0.261. The van der Waals surface area contributed by atoms with Crippen LogP contribution in [0.3, 0.4) is 0 Å². The van der Waals surface area contributed by atoms with Crippen LogP contribution in [0.1, 0.15) is 29.3 Å². The van der Waals surface area contributed by atoms with Crippen LogP contribution >= 0.6 is 0 Å². The maximum absolute atomic E-state index is 12.2. The fourth-order valence-electron chi connectivity index (χ4n) is 3.83. The summed E-state index contributed by atoms with van der Waals surface area (Å²) in [5.74, 6) is 1.59. The number of hydrogen-bond acceptors (Lipinski definition) is 4. The van der Waals surface area contributed by atoms with Gasteiger partial charge in [0.2, 0.25) is 0 Å². The van der Waals surface area contributed by atoms with E-state index in [1.165, 1.54) is 5.56 Å². The van der Waals surface area contributed by atoms with Crippen molar-refractivity contribution in [2.75, 3.05) is 6.61 Å². The van der Waals surface area contributed by atoms with Gasteiger partial charge in [0.1, 0.15) is 5.75 Å². The summed E-state index contributed by atoms with van der Waals surface area (Å²) in [6.45, 7) is 4.10. The normalized spacial score (nSPS) is 18.0. The SMILES string of the molecule is Cc1nn(-c2ccccn2)c(C)c1[C@@H]1C=C[C@@H](NC(=O)COc2ccccc2)C1. The Balaban J connectivity index is 1.38. The number of nitrogens with zero attached hydrogens (tertiary/aromatic N) is 3. The van der Waals surface area contributed by atoms with Gasteiger partial charge in [-0.2, -0.15) is 5.10 Å². The van der Waals surface area contributed by atoms with Gasteiger partial charge in [0, 0.05) is 29.4 Å². The molecule has 29 heavy (non-hydrogen) atoms. The number of ether oxygens (including phenoxy) is 1. The molecule has 0 aliphatic heterocycles. The van der Waals surface area contributed by atoms with Crippen LogP contribution in [-0.4, -0.2) is 33.3 Å². The third kappa shape index (κ3) is 4.21. The highest BCUT2D eigenvalue weighted by molar-refractivity contribution is 5.78. The predicted octanol–water partition coefficient (Wildman–Crippen LogP) is 3.49. The Morgan fingerprint density at radius 3 is 2.69 bits per heavy atom. The molecule has 2 atom stereocenters. The zero-order valence-electron chi connectivity index (χ0n) is 16.6. The van der Waals surface area contributed by atoms with Gasteiger partial charge in [-0.1, -0.05) is 36.4 Å². The molecule has 3 aromatic rings. The Kier molecular flexibility index (Phi) is 5.42. The molecule has 1 aliphatic rings. The topological polar surface area (TPSA) is 69.0 Å². The molecule has 1 aliphatic carbocycles. The number of rotatable bonds is 6. The van der Waals surface area contributed by atoms with Crippen molar-refractivity contribution in [1.82, 2.24) is 20.1 Å². The monoisotopic (exact) mass is 388 g/mol. The average Bonchev–Trinajstić information content (AvgIpc) is 3.31. The number of pyridine rings is 1. The first kappa shape index (κ1) is 18.9. The standard InChI is InChI=1S/C23H24N4O2/c1-16-23(17(2)27(26-16)21-10-6-7-13-24-21)18-11-12-19(14-18)25-22(28)15-29-20-8-4-3-5-9-20/h3-13,18-19H,14-15H2,1-2H3,(H,25,28)/t18-,19-/m1/s1. The second-order valence-corrected chi connectivity index (χ2v) is 7.19. The number of para-hydroxylation sites is 1. The van der Waals surface area contributed by atoms with E-state index in [2.05, 4.69) is 34.5 Å². The molecule has 0 saturated carbocycles. The summed E-state index contributed by atoms with van der Waals surface area (Å²) in [6, 6.07) is 15.1. The molecule has 4 rings (SSSR count). The zero-order chi connectivity index (χ0) is 20.2. The smallest absolute Gasteiger partial charge is 0.258 e. The Morgan fingerprint density at radius 1 is 1.14 bits per heavy atom. The molecular weight excluding hydrogens is 364 g/mol. The molecule has 0 unspecified atom stereocenters. The van der Waals surface area contributed by atoms with Crippen molar-refractivity contribution in [2.24, 2.45) is 0 Å². The second kappa shape index (κ2) is 8.31. The van der Waals surface area contributed by atoms with Crippen molar-refractivity contribution in [3.8, 4) is 11.6 Å². The van der Waals surface area contributed by atoms with Gasteiger partial charge >= 0.3 is 0 Å².